The molecule has 0 aromatic heterocycles. The van der Waals surface area contributed by atoms with Crippen LogP contribution in [0.1, 0.15) is 45.3 Å². The summed E-state index contributed by atoms with van der Waals surface area (Å²) in [7, 11) is 2.20. The van der Waals surface area contributed by atoms with Crippen LogP contribution in [0.2, 0.25) is 0 Å². The molecule has 7 nitrogen and oxygen atoms in total. The molecule has 0 aliphatic carbocycles. The van der Waals surface area contributed by atoms with E-state index in [4.69, 9.17) is 4.74 Å². The lowest BCUT2D eigenvalue weighted by atomic mass is 10.1. The van der Waals surface area contributed by atoms with Crippen molar-refractivity contribution in [1.29, 1.82) is 0 Å². The second-order valence-electron chi connectivity index (χ2n) is 8.25. The SMILES string of the molecule is CCNC(=NCC(O)c1cccc(OC(C)C)c1)NCCCN1CCCN(C)CC1. The molecule has 170 valence electrons. The number of hydrogen-bond donors (Lipinski definition) is 3. The van der Waals surface area contributed by atoms with Gasteiger partial charge in [0.2, 0.25) is 0 Å². The number of likely N-dealkylation sites (N-methyl/N-ethyl adjacent to an activating group) is 1. The normalized spacial score (nSPS) is 17.6. The molecule has 1 aliphatic rings. The molecule has 2 rings (SSSR count). The third kappa shape index (κ3) is 9.32. The number of aliphatic hydroxyl groups is 1. The van der Waals surface area contributed by atoms with Gasteiger partial charge in [-0.15, -0.1) is 0 Å². The zero-order valence-electron chi connectivity index (χ0n) is 19.2. The van der Waals surface area contributed by atoms with Gasteiger partial charge in [-0.05, 0) is 78.0 Å². The van der Waals surface area contributed by atoms with Crippen molar-refractivity contribution in [1.82, 2.24) is 20.4 Å². The second-order valence-corrected chi connectivity index (χ2v) is 8.25. The van der Waals surface area contributed by atoms with Crippen LogP contribution in [0.5, 0.6) is 5.75 Å². The fourth-order valence-electron chi connectivity index (χ4n) is 3.53. The molecule has 0 saturated carbocycles. The summed E-state index contributed by atoms with van der Waals surface area (Å²) in [5.41, 5.74) is 0.818. The van der Waals surface area contributed by atoms with Gasteiger partial charge >= 0.3 is 0 Å². The van der Waals surface area contributed by atoms with Gasteiger partial charge in [0.1, 0.15) is 5.75 Å². The van der Waals surface area contributed by atoms with E-state index >= 15 is 0 Å². The largest absolute Gasteiger partial charge is 0.491 e. The Balaban J connectivity index is 1.79. The second kappa shape index (κ2) is 13.5. The van der Waals surface area contributed by atoms with E-state index in [9.17, 15) is 5.11 Å². The molecule has 30 heavy (non-hydrogen) atoms. The number of ether oxygens (including phenoxy) is 1. The maximum atomic E-state index is 10.6. The van der Waals surface area contributed by atoms with Crippen molar-refractivity contribution in [3.05, 3.63) is 29.8 Å². The fraction of sp³-hybridized carbons (Fsp3) is 0.696. The first-order valence-corrected chi connectivity index (χ1v) is 11.4. The monoisotopic (exact) mass is 419 g/mol. The number of nitrogens with one attached hydrogen (secondary N) is 2. The van der Waals surface area contributed by atoms with Gasteiger partial charge in [0.15, 0.2) is 5.96 Å². The minimum Gasteiger partial charge on any atom is -0.491 e. The molecular weight excluding hydrogens is 378 g/mol. The molecule has 1 atom stereocenters. The lowest BCUT2D eigenvalue weighted by molar-refractivity contribution is 0.185. The summed E-state index contributed by atoms with van der Waals surface area (Å²) < 4.78 is 5.72. The summed E-state index contributed by atoms with van der Waals surface area (Å²) in [5, 5.41) is 17.2. The Bertz CT molecular complexity index is 638. The number of nitrogens with zero attached hydrogens (tertiary/aromatic N) is 3. The van der Waals surface area contributed by atoms with Gasteiger partial charge in [0, 0.05) is 26.2 Å². The molecule has 1 saturated heterocycles. The van der Waals surface area contributed by atoms with E-state index in [1.54, 1.807) is 0 Å². The fourth-order valence-corrected chi connectivity index (χ4v) is 3.53. The van der Waals surface area contributed by atoms with Crippen molar-refractivity contribution in [2.45, 2.75) is 45.8 Å². The summed E-state index contributed by atoms with van der Waals surface area (Å²) in [4.78, 5) is 9.53. The van der Waals surface area contributed by atoms with E-state index in [2.05, 4.69) is 32.5 Å². The van der Waals surface area contributed by atoms with Crippen LogP contribution in [0.3, 0.4) is 0 Å². The molecule has 1 heterocycles. The smallest absolute Gasteiger partial charge is 0.191 e. The standard InChI is InChI=1S/C23H41N5O2/c1-5-24-23(25-11-7-13-28-14-8-12-27(4)15-16-28)26-18-22(29)20-9-6-10-21(17-20)30-19(2)3/h6,9-10,17,19,22,29H,5,7-8,11-16,18H2,1-4H3,(H2,24,25,26). The number of benzene rings is 1. The molecule has 0 spiro atoms. The van der Waals surface area contributed by atoms with Crippen molar-refractivity contribution in [3.8, 4) is 5.75 Å². The molecule has 7 heteroatoms. The Morgan fingerprint density at radius 3 is 2.80 bits per heavy atom. The highest BCUT2D eigenvalue weighted by Crippen LogP contribution is 2.20. The van der Waals surface area contributed by atoms with E-state index < -0.39 is 6.10 Å². The molecule has 1 unspecified atom stereocenters. The van der Waals surface area contributed by atoms with Gasteiger partial charge in [0.25, 0.3) is 0 Å². The van der Waals surface area contributed by atoms with Crippen molar-refractivity contribution in [3.63, 3.8) is 0 Å². The van der Waals surface area contributed by atoms with Crippen LogP contribution in [0.4, 0.5) is 0 Å². The van der Waals surface area contributed by atoms with Crippen molar-refractivity contribution in [2.75, 3.05) is 59.4 Å². The van der Waals surface area contributed by atoms with Crippen molar-refractivity contribution >= 4 is 5.96 Å². The Hall–Kier alpha value is -1.83. The van der Waals surface area contributed by atoms with Gasteiger partial charge in [-0.3, -0.25) is 4.99 Å². The number of hydrogen-bond acceptors (Lipinski definition) is 5. The summed E-state index contributed by atoms with van der Waals surface area (Å²) in [6.45, 7) is 13.8. The third-order valence-electron chi connectivity index (χ3n) is 5.14. The highest BCUT2D eigenvalue weighted by molar-refractivity contribution is 5.79. The van der Waals surface area contributed by atoms with Gasteiger partial charge in [-0.2, -0.15) is 0 Å². The first-order chi connectivity index (χ1) is 14.5. The van der Waals surface area contributed by atoms with E-state index in [0.717, 1.165) is 56.4 Å². The average molecular weight is 420 g/mol. The molecular formula is C23H41N5O2. The lowest BCUT2D eigenvalue weighted by Crippen LogP contribution is -2.39. The third-order valence-corrected chi connectivity index (χ3v) is 5.14. The highest BCUT2D eigenvalue weighted by atomic mass is 16.5. The Kier molecular flexibility index (Phi) is 11.0. The predicted molar refractivity (Wildman–Crippen MR) is 124 cm³/mol. The summed E-state index contributed by atoms with van der Waals surface area (Å²) >= 11 is 0. The number of guanidine groups is 1. The van der Waals surface area contributed by atoms with Crippen LogP contribution in [0.15, 0.2) is 29.3 Å². The van der Waals surface area contributed by atoms with Gasteiger partial charge in [0.05, 0.1) is 18.8 Å². The van der Waals surface area contributed by atoms with E-state index in [1.807, 2.05) is 45.0 Å². The summed E-state index contributed by atoms with van der Waals surface area (Å²) in [6.07, 6.45) is 1.76. The average Bonchev–Trinajstić information content (AvgIpc) is 2.92. The van der Waals surface area contributed by atoms with Crippen LogP contribution in [0, 0.1) is 0 Å². The molecule has 3 N–H and O–H groups in total. The van der Waals surface area contributed by atoms with E-state index in [0.29, 0.717) is 6.54 Å². The molecule has 1 aliphatic heterocycles. The molecule has 0 radical (unpaired) electrons. The first-order valence-electron chi connectivity index (χ1n) is 11.4. The number of rotatable bonds is 10. The maximum Gasteiger partial charge on any atom is 0.191 e. The minimum absolute atomic E-state index is 0.107. The van der Waals surface area contributed by atoms with Crippen molar-refractivity contribution < 1.29 is 9.84 Å². The lowest BCUT2D eigenvalue weighted by Gasteiger charge is -2.20. The number of aliphatic hydroxyl groups excluding tert-OH is 1. The predicted octanol–water partition coefficient (Wildman–Crippen LogP) is 2.09. The Morgan fingerprint density at radius 1 is 1.20 bits per heavy atom. The van der Waals surface area contributed by atoms with Crippen LogP contribution in [-0.2, 0) is 0 Å². The molecule has 0 amide bonds. The van der Waals surface area contributed by atoms with Gasteiger partial charge in [-0.1, -0.05) is 12.1 Å². The Labute approximate surface area is 182 Å². The molecule has 1 aromatic carbocycles. The summed E-state index contributed by atoms with van der Waals surface area (Å²) in [5.74, 6) is 1.53. The summed E-state index contributed by atoms with van der Waals surface area (Å²) in [6, 6.07) is 7.61. The van der Waals surface area contributed by atoms with Crippen LogP contribution >= 0.6 is 0 Å². The van der Waals surface area contributed by atoms with Crippen LogP contribution in [0.25, 0.3) is 0 Å². The van der Waals surface area contributed by atoms with E-state index in [-0.39, 0.29) is 6.10 Å². The van der Waals surface area contributed by atoms with Crippen LogP contribution < -0.4 is 15.4 Å². The van der Waals surface area contributed by atoms with Gasteiger partial charge in [-0.25, -0.2) is 0 Å². The maximum absolute atomic E-state index is 10.6. The Morgan fingerprint density at radius 2 is 2.03 bits per heavy atom. The zero-order valence-corrected chi connectivity index (χ0v) is 19.2. The highest BCUT2D eigenvalue weighted by Gasteiger charge is 2.12. The molecule has 1 aromatic rings. The van der Waals surface area contributed by atoms with Gasteiger partial charge < -0.3 is 30.3 Å². The molecule has 0 bridgehead atoms. The number of aliphatic imine (C=N–C) groups is 1. The topological polar surface area (TPSA) is 72.4 Å². The van der Waals surface area contributed by atoms with Crippen molar-refractivity contribution in [2.24, 2.45) is 4.99 Å². The zero-order chi connectivity index (χ0) is 21.8. The van der Waals surface area contributed by atoms with Crippen LogP contribution in [-0.4, -0.2) is 86.4 Å². The first kappa shape index (κ1) is 24.4. The van der Waals surface area contributed by atoms with E-state index in [1.165, 1.54) is 19.5 Å². The quantitative estimate of drug-likeness (QED) is 0.306. The minimum atomic E-state index is -0.662. The molecule has 1 fully saturated rings.